The molecular formula is C31H32ClN7O14S2. The number of oxime groups is 1. The number of carbonyl (C=O) groups excluding carboxylic acids is 6. The molecule has 1 unspecified atom stereocenters. The quantitative estimate of drug-likeness (QED) is 0.0289. The highest BCUT2D eigenvalue weighted by molar-refractivity contribution is 8.02. The topological polar surface area (TPSA) is 320 Å². The van der Waals surface area contributed by atoms with Gasteiger partial charge in [-0.3, -0.25) is 34.3 Å². The predicted octanol–water partition coefficient (Wildman–Crippen LogP) is -0.135. The molecule has 4 atom stereocenters. The van der Waals surface area contributed by atoms with Crippen molar-refractivity contribution in [1.82, 2.24) is 25.2 Å². The summed E-state index contributed by atoms with van der Waals surface area (Å²) in [6.45, 7) is 0.410. The van der Waals surface area contributed by atoms with E-state index in [2.05, 4.69) is 15.6 Å². The van der Waals surface area contributed by atoms with Crippen LogP contribution in [-0.2, 0) is 33.6 Å². The number of benzene rings is 1. The number of aromatic nitrogens is 1. The molecule has 294 valence electrons. The number of aliphatic hydroxyl groups is 1. The molecule has 1 aromatic heterocycles. The molecule has 24 heteroatoms. The molecule has 4 amide bonds. The summed E-state index contributed by atoms with van der Waals surface area (Å²) in [5.74, 6) is -12.0. The molecule has 0 spiro atoms. The summed E-state index contributed by atoms with van der Waals surface area (Å²) in [5, 5.41) is 53.4. The number of phenols is 2. The number of carboxylic acids is 2. The van der Waals surface area contributed by atoms with Crippen LogP contribution >= 0.6 is 34.7 Å². The molecule has 0 saturated carbocycles. The first kappa shape index (κ1) is 40.7. The number of hydrazine groups is 1. The van der Waals surface area contributed by atoms with E-state index in [4.69, 9.17) is 22.2 Å². The maximum atomic E-state index is 13.6. The Bertz CT molecular complexity index is 2040. The Morgan fingerprint density at radius 1 is 1.15 bits per heavy atom. The molecule has 55 heavy (non-hydrogen) atoms. The van der Waals surface area contributed by atoms with Crippen molar-refractivity contribution in [3.05, 3.63) is 33.8 Å². The number of fused-ring (bicyclic) bond motifs is 1. The van der Waals surface area contributed by atoms with E-state index in [1.54, 1.807) is 0 Å². The molecule has 0 aliphatic carbocycles. The second-order valence-electron chi connectivity index (χ2n) is 12.9. The zero-order valence-electron chi connectivity index (χ0n) is 28.6. The molecule has 3 aliphatic heterocycles. The number of nitrogen functional groups attached to an aromatic ring is 1. The number of thiazole rings is 1. The van der Waals surface area contributed by atoms with Gasteiger partial charge in [-0.15, -0.1) is 11.3 Å². The van der Waals surface area contributed by atoms with E-state index >= 15 is 0 Å². The number of aliphatic carboxylic acids is 2. The average Bonchev–Trinajstić information content (AvgIpc) is 3.83. The van der Waals surface area contributed by atoms with E-state index in [1.807, 2.05) is 0 Å². The van der Waals surface area contributed by atoms with Crippen molar-refractivity contribution in [2.24, 2.45) is 17.0 Å². The Hall–Kier alpha value is -5.52. The number of hydrogen-bond donors (Lipinski definition) is 7. The van der Waals surface area contributed by atoms with E-state index in [0.717, 1.165) is 45.1 Å². The van der Waals surface area contributed by atoms with Crippen molar-refractivity contribution in [1.29, 1.82) is 0 Å². The van der Waals surface area contributed by atoms with Gasteiger partial charge >= 0.3 is 18.0 Å². The Morgan fingerprint density at radius 3 is 2.44 bits per heavy atom. The van der Waals surface area contributed by atoms with Crippen LogP contribution in [-0.4, -0.2) is 140 Å². The number of β-lactam (4-membered cyclic amide) rings is 1. The number of rotatable bonds is 16. The zero-order chi connectivity index (χ0) is 40.7. The third-order valence-corrected chi connectivity index (χ3v) is 11.7. The molecule has 0 radical (unpaired) electrons. The number of urea groups is 1. The van der Waals surface area contributed by atoms with Crippen molar-refractivity contribution >= 4 is 92.7 Å². The average molecular weight is 826 g/mol. The van der Waals surface area contributed by atoms with Crippen LogP contribution in [0.15, 0.2) is 22.7 Å². The second kappa shape index (κ2) is 15.3. The van der Waals surface area contributed by atoms with E-state index in [9.17, 15) is 63.9 Å². The van der Waals surface area contributed by atoms with Gasteiger partial charge in [0.2, 0.25) is 33.9 Å². The molecule has 3 fully saturated rings. The van der Waals surface area contributed by atoms with Crippen LogP contribution in [0.3, 0.4) is 0 Å². The van der Waals surface area contributed by atoms with Gasteiger partial charge in [0, 0.05) is 30.3 Å². The van der Waals surface area contributed by atoms with Crippen molar-refractivity contribution in [2.75, 3.05) is 32.0 Å². The van der Waals surface area contributed by atoms with Crippen LogP contribution in [0, 0.1) is 11.8 Å². The number of anilines is 1. The van der Waals surface area contributed by atoms with Crippen LogP contribution < -0.4 is 11.2 Å². The maximum absolute atomic E-state index is 13.6. The zero-order valence-corrected chi connectivity index (χ0v) is 31.0. The van der Waals surface area contributed by atoms with Crippen molar-refractivity contribution in [2.45, 2.75) is 42.5 Å². The number of carboxylic acid groups (broad SMARTS) is 2. The number of nitrogens with zero attached hydrogens (tertiary/aromatic N) is 5. The minimum atomic E-state index is -2.07. The summed E-state index contributed by atoms with van der Waals surface area (Å²) in [4.78, 5) is 112. The fraction of sp³-hybridized carbons (Fsp3) is 0.419. The minimum Gasteiger partial charge on any atom is -0.504 e. The van der Waals surface area contributed by atoms with Gasteiger partial charge in [0.25, 0.3) is 0 Å². The summed E-state index contributed by atoms with van der Waals surface area (Å²) in [5.41, 5.74) is 5.14. The number of phenolic OH excluding ortho intramolecular Hbond substituents is 2. The normalized spacial score (nSPS) is 21.5. The smallest absolute Gasteiger partial charge is 0.350 e. The van der Waals surface area contributed by atoms with Gasteiger partial charge in [-0.25, -0.2) is 24.4 Å². The maximum Gasteiger partial charge on any atom is 0.350 e. The number of aromatic hydroxyl groups is 2. The number of hydrogen-bond acceptors (Lipinski definition) is 17. The molecular weight excluding hydrogens is 794 g/mol. The molecule has 1 aromatic carbocycles. The van der Waals surface area contributed by atoms with Gasteiger partial charge < -0.3 is 41.0 Å². The minimum absolute atomic E-state index is 0.0393. The third-order valence-electron chi connectivity index (χ3n) is 8.91. The van der Waals surface area contributed by atoms with Gasteiger partial charge in [-0.1, -0.05) is 28.5 Å². The number of thioether (sulfide) groups is 1. The number of amides is 4. The lowest BCUT2D eigenvalue weighted by molar-refractivity contribution is -0.161. The first-order valence-electron chi connectivity index (χ1n) is 16.0. The highest BCUT2D eigenvalue weighted by Crippen LogP contribution is 2.53. The highest BCUT2D eigenvalue weighted by atomic mass is 35.5. The standard InChI is InChI=1S/C31H32ClN7O14S2/c1-30(2,26(48)49)53-36-20(15-10-54-28(33)34-15)17(42)8-14-24(47)37-11-31(27(50)51,55-25(14)37)38-5-6-39(29(38)52)35-23(46)12(9-40)7-18(43)21(44)13-3-4-16(41)22(45)19(13)32/h3-4,10,12,14,25,40-41,45H,5-9,11H2,1-2H3,(H2,33,34)(H,35,46)(H,48,49)(H,50,51)/b36-20-/t12-,14?,25+,31+/m0/s1. The molecule has 21 nitrogen and oxygen atoms in total. The van der Waals surface area contributed by atoms with Crippen LogP contribution in [0.25, 0.3) is 0 Å². The first-order chi connectivity index (χ1) is 25.7. The largest absolute Gasteiger partial charge is 0.504 e. The molecule has 5 rings (SSSR count). The summed E-state index contributed by atoms with van der Waals surface area (Å²) in [6.07, 6.45) is -1.37. The SMILES string of the molecule is CC(C)(O/N=C(\C(=O)CC1C(=O)N2C[C@@](C(=O)O)(N3CCN(NC(=O)[C@H](CO)CC(=O)C(=O)c4ccc(O)c(O)c4Cl)C3=O)S[C@H]12)c1csc(N)n1)C(=O)O. The van der Waals surface area contributed by atoms with Crippen LogP contribution in [0.2, 0.25) is 5.02 Å². The molecule has 3 saturated heterocycles. The number of nitrogens with two attached hydrogens (primary N) is 1. The predicted molar refractivity (Wildman–Crippen MR) is 189 cm³/mol. The van der Waals surface area contributed by atoms with Crippen LogP contribution in [0.4, 0.5) is 9.93 Å². The Balaban J connectivity index is 1.26. The van der Waals surface area contributed by atoms with Gasteiger partial charge in [0.15, 0.2) is 28.1 Å². The number of aliphatic hydroxyl groups excluding tert-OH is 1. The Labute approximate surface area is 322 Å². The first-order valence-corrected chi connectivity index (χ1v) is 18.1. The summed E-state index contributed by atoms with van der Waals surface area (Å²) < 4.78 is 0. The van der Waals surface area contributed by atoms with Gasteiger partial charge in [-0.2, -0.15) is 0 Å². The summed E-state index contributed by atoms with van der Waals surface area (Å²) in [7, 11) is 0. The lowest BCUT2D eigenvalue weighted by Gasteiger charge is -2.40. The number of halogens is 1. The molecule has 0 bridgehead atoms. The van der Waals surface area contributed by atoms with Crippen LogP contribution in [0.1, 0.15) is 42.7 Å². The number of carbonyl (C=O) groups is 8. The van der Waals surface area contributed by atoms with Crippen molar-refractivity contribution in [3.8, 4) is 11.5 Å². The summed E-state index contributed by atoms with van der Waals surface area (Å²) in [6, 6.07) is 0.886. The fourth-order valence-electron chi connectivity index (χ4n) is 5.72. The highest BCUT2D eigenvalue weighted by Gasteiger charge is 2.66. The monoisotopic (exact) mass is 825 g/mol. The van der Waals surface area contributed by atoms with E-state index in [-0.39, 0.29) is 23.9 Å². The molecule has 2 aromatic rings. The Morgan fingerprint density at radius 2 is 1.84 bits per heavy atom. The van der Waals surface area contributed by atoms with E-state index in [0.29, 0.717) is 0 Å². The number of nitrogens with one attached hydrogen (secondary N) is 1. The second-order valence-corrected chi connectivity index (χ2v) is 15.6. The lowest BCUT2D eigenvalue weighted by Crippen LogP contribution is -2.60. The van der Waals surface area contributed by atoms with Gasteiger partial charge in [0.1, 0.15) is 5.69 Å². The summed E-state index contributed by atoms with van der Waals surface area (Å²) >= 11 is 7.54. The van der Waals surface area contributed by atoms with Crippen molar-refractivity contribution < 1.29 is 68.7 Å². The molecule has 3 aliphatic rings. The van der Waals surface area contributed by atoms with E-state index < -0.39 is 129 Å². The van der Waals surface area contributed by atoms with Crippen molar-refractivity contribution in [3.63, 3.8) is 0 Å². The van der Waals surface area contributed by atoms with Gasteiger partial charge in [-0.05, 0) is 26.0 Å². The van der Waals surface area contributed by atoms with E-state index in [1.165, 1.54) is 24.1 Å². The Kier molecular flexibility index (Phi) is 11.3. The lowest BCUT2D eigenvalue weighted by atomic mass is 9.90. The molecule has 8 N–H and O–H groups in total. The molecule has 4 heterocycles. The fourth-order valence-corrected chi connectivity index (χ4v) is 8.20. The van der Waals surface area contributed by atoms with Gasteiger partial charge in [0.05, 0.1) is 41.9 Å². The number of Topliss-reactive ketones (excluding diaryl/α,β-unsaturated/α-hetero) is 3. The third kappa shape index (κ3) is 7.59. The van der Waals surface area contributed by atoms with Crippen LogP contribution in [0.5, 0.6) is 11.5 Å². The number of ketones is 3.